The SMILES string of the molecule is [C-]#[N+]/C(C#N)=C1C=C(/C=C/c2ccc3c(c2)CCCN3C)OC(C)(c2ccccc2)C\1. The maximum atomic E-state index is 9.43. The lowest BCUT2D eigenvalue weighted by molar-refractivity contribution is 0.0143. The van der Waals surface area contributed by atoms with Gasteiger partial charge in [0.1, 0.15) is 11.4 Å². The van der Waals surface area contributed by atoms with Gasteiger partial charge in [-0.05, 0) is 66.3 Å². The first-order valence-corrected chi connectivity index (χ1v) is 10.5. The lowest BCUT2D eigenvalue weighted by atomic mass is 9.85. The highest BCUT2D eigenvalue weighted by atomic mass is 16.5. The van der Waals surface area contributed by atoms with E-state index in [4.69, 9.17) is 11.3 Å². The van der Waals surface area contributed by atoms with E-state index in [0.717, 1.165) is 24.1 Å². The first-order valence-electron chi connectivity index (χ1n) is 10.5. The fourth-order valence-electron chi connectivity index (χ4n) is 4.35. The fourth-order valence-corrected chi connectivity index (χ4v) is 4.35. The maximum Gasteiger partial charge on any atom is 0.265 e. The van der Waals surface area contributed by atoms with Crippen LogP contribution in [0.1, 0.15) is 36.5 Å². The topological polar surface area (TPSA) is 40.6 Å². The Labute approximate surface area is 184 Å². The van der Waals surface area contributed by atoms with Crippen molar-refractivity contribution >= 4 is 11.8 Å². The molecule has 0 aromatic heterocycles. The number of ether oxygens (including phenoxy) is 1. The lowest BCUT2D eigenvalue weighted by Crippen LogP contribution is -2.29. The van der Waals surface area contributed by atoms with Gasteiger partial charge in [-0.25, -0.2) is 10.1 Å². The zero-order valence-corrected chi connectivity index (χ0v) is 17.9. The average Bonchev–Trinajstić information content (AvgIpc) is 2.79. The highest BCUT2D eigenvalue weighted by Gasteiger charge is 2.34. The van der Waals surface area contributed by atoms with E-state index in [1.165, 1.54) is 17.7 Å². The summed E-state index contributed by atoms with van der Waals surface area (Å²) < 4.78 is 6.40. The molecule has 0 N–H and O–H groups in total. The molecule has 0 radical (unpaired) electrons. The van der Waals surface area contributed by atoms with Crippen LogP contribution in [-0.4, -0.2) is 13.6 Å². The van der Waals surface area contributed by atoms with Gasteiger partial charge in [-0.15, -0.1) is 0 Å². The molecule has 0 amide bonds. The van der Waals surface area contributed by atoms with Gasteiger partial charge in [0.25, 0.3) is 5.70 Å². The molecule has 0 bridgehead atoms. The minimum absolute atomic E-state index is 0.119. The molecule has 2 aliphatic rings. The van der Waals surface area contributed by atoms with Gasteiger partial charge in [0.05, 0.1) is 12.6 Å². The molecule has 4 nitrogen and oxygen atoms in total. The van der Waals surface area contributed by atoms with Crippen LogP contribution in [-0.2, 0) is 16.8 Å². The molecule has 2 heterocycles. The first kappa shape index (κ1) is 20.5. The van der Waals surface area contributed by atoms with Crippen molar-refractivity contribution in [2.75, 3.05) is 18.5 Å². The Morgan fingerprint density at radius 3 is 2.77 bits per heavy atom. The van der Waals surface area contributed by atoms with Crippen LogP contribution in [0.15, 0.2) is 77.7 Å². The van der Waals surface area contributed by atoms with E-state index in [-0.39, 0.29) is 5.70 Å². The Bertz CT molecular complexity index is 1150. The Morgan fingerprint density at radius 2 is 2.03 bits per heavy atom. The zero-order chi connectivity index (χ0) is 21.8. The van der Waals surface area contributed by atoms with E-state index in [2.05, 4.69) is 35.0 Å². The second kappa shape index (κ2) is 8.54. The summed E-state index contributed by atoms with van der Waals surface area (Å²) in [5.74, 6) is 0.652. The van der Waals surface area contributed by atoms with E-state index >= 15 is 0 Å². The molecule has 2 aromatic rings. The third kappa shape index (κ3) is 4.25. The molecule has 0 spiro atoms. The van der Waals surface area contributed by atoms with Crippen LogP contribution in [0, 0.1) is 17.9 Å². The van der Waals surface area contributed by atoms with Gasteiger partial charge in [0, 0.05) is 25.7 Å². The van der Waals surface area contributed by atoms with Gasteiger partial charge in [-0.1, -0.05) is 42.5 Å². The van der Waals surface area contributed by atoms with E-state index in [1.54, 1.807) is 0 Å². The largest absolute Gasteiger partial charge is 0.483 e. The summed E-state index contributed by atoms with van der Waals surface area (Å²) >= 11 is 0. The van der Waals surface area contributed by atoms with Crippen molar-refractivity contribution in [2.45, 2.75) is 31.8 Å². The monoisotopic (exact) mass is 407 g/mol. The predicted octanol–water partition coefficient (Wildman–Crippen LogP) is 6.00. The molecule has 1 unspecified atom stereocenters. The van der Waals surface area contributed by atoms with Gasteiger partial charge in [-0.3, -0.25) is 0 Å². The minimum Gasteiger partial charge on any atom is -0.483 e. The van der Waals surface area contributed by atoms with E-state index in [9.17, 15) is 5.26 Å². The van der Waals surface area contributed by atoms with Gasteiger partial charge in [0.2, 0.25) is 0 Å². The second-order valence-electron chi connectivity index (χ2n) is 8.27. The van der Waals surface area contributed by atoms with Gasteiger partial charge in [0.15, 0.2) is 0 Å². The molecule has 31 heavy (non-hydrogen) atoms. The van der Waals surface area contributed by atoms with Crippen LogP contribution in [0.25, 0.3) is 10.9 Å². The second-order valence-corrected chi connectivity index (χ2v) is 8.27. The summed E-state index contributed by atoms with van der Waals surface area (Å²) in [6.45, 7) is 10.5. The summed E-state index contributed by atoms with van der Waals surface area (Å²) in [6.07, 6.45) is 8.54. The molecule has 0 fully saturated rings. The van der Waals surface area contributed by atoms with Crippen molar-refractivity contribution in [1.29, 1.82) is 5.26 Å². The number of rotatable bonds is 3. The van der Waals surface area contributed by atoms with E-state index in [0.29, 0.717) is 17.8 Å². The molecule has 4 heteroatoms. The van der Waals surface area contributed by atoms with Gasteiger partial charge >= 0.3 is 0 Å². The first-order chi connectivity index (χ1) is 15.0. The van der Waals surface area contributed by atoms with Crippen LogP contribution < -0.4 is 4.90 Å². The standard InChI is InChI=1S/C27H25N3O/c1-27(23-9-5-4-6-10-23)18-22(25(19-28)29-2)17-24(31-27)13-11-20-12-14-26-21(16-20)8-7-15-30(26)3/h4-6,9-14,16-17H,7-8,15,18H2,1,3H3/b13-11+,25-22+. The summed E-state index contributed by atoms with van der Waals surface area (Å²) in [5.41, 5.74) is 4.98. The number of aryl methyl sites for hydroxylation is 1. The zero-order valence-electron chi connectivity index (χ0n) is 17.9. The Morgan fingerprint density at radius 1 is 1.23 bits per heavy atom. The maximum absolute atomic E-state index is 9.43. The van der Waals surface area contributed by atoms with Crippen molar-refractivity contribution in [2.24, 2.45) is 0 Å². The van der Waals surface area contributed by atoms with Crippen LogP contribution in [0.3, 0.4) is 0 Å². The number of hydrogen-bond acceptors (Lipinski definition) is 3. The van der Waals surface area contributed by atoms with Crippen LogP contribution >= 0.6 is 0 Å². The van der Waals surface area contributed by atoms with Crippen LogP contribution in [0.5, 0.6) is 0 Å². The molecule has 2 aliphatic heterocycles. The van der Waals surface area contributed by atoms with Gasteiger partial charge in [-0.2, -0.15) is 0 Å². The van der Waals surface area contributed by atoms with Crippen molar-refractivity contribution in [3.63, 3.8) is 0 Å². The van der Waals surface area contributed by atoms with E-state index in [1.807, 2.05) is 61.6 Å². The fraction of sp³-hybridized carbons (Fsp3) is 0.259. The number of hydrogen-bond donors (Lipinski definition) is 0. The van der Waals surface area contributed by atoms with Crippen LogP contribution in [0.2, 0.25) is 0 Å². The average molecular weight is 408 g/mol. The quantitative estimate of drug-likeness (QED) is 0.463. The van der Waals surface area contributed by atoms with Gasteiger partial charge < -0.3 is 9.64 Å². The predicted molar refractivity (Wildman–Crippen MR) is 124 cm³/mol. The molecular weight excluding hydrogens is 382 g/mol. The summed E-state index contributed by atoms with van der Waals surface area (Å²) in [6, 6.07) is 18.5. The number of fused-ring (bicyclic) bond motifs is 1. The number of benzene rings is 2. The molecule has 2 aromatic carbocycles. The van der Waals surface area contributed by atoms with Crippen molar-refractivity contribution in [3.05, 3.63) is 106 Å². The smallest absolute Gasteiger partial charge is 0.265 e. The molecular formula is C27H25N3O. The number of allylic oxidation sites excluding steroid dienone is 3. The number of nitriles is 1. The van der Waals surface area contributed by atoms with Crippen LogP contribution in [0.4, 0.5) is 5.69 Å². The summed E-state index contributed by atoms with van der Waals surface area (Å²) in [5, 5.41) is 9.43. The molecule has 4 rings (SSSR count). The molecule has 0 saturated carbocycles. The summed E-state index contributed by atoms with van der Waals surface area (Å²) in [4.78, 5) is 5.74. The third-order valence-electron chi connectivity index (χ3n) is 5.99. The highest BCUT2D eigenvalue weighted by molar-refractivity contribution is 5.63. The molecule has 0 aliphatic carbocycles. The highest BCUT2D eigenvalue weighted by Crippen LogP contribution is 2.40. The van der Waals surface area contributed by atoms with Crippen molar-refractivity contribution in [1.82, 2.24) is 0 Å². The van der Waals surface area contributed by atoms with Crippen molar-refractivity contribution < 1.29 is 4.74 Å². The third-order valence-corrected chi connectivity index (χ3v) is 5.99. The minimum atomic E-state index is -0.642. The number of nitrogens with zero attached hydrogens (tertiary/aromatic N) is 3. The van der Waals surface area contributed by atoms with Crippen molar-refractivity contribution in [3.8, 4) is 6.07 Å². The Hall–Kier alpha value is -3.76. The molecule has 154 valence electrons. The molecule has 0 saturated heterocycles. The summed E-state index contributed by atoms with van der Waals surface area (Å²) in [7, 11) is 2.14. The molecule has 1 atom stereocenters. The lowest BCUT2D eigenvalue weighted by Gasteiger charge is -2.36. The Balaban J connectivity index is 1.69. The number of anilines is 1. The Kier molecular flexibility index (Phi) is 5.65. The normalized spacial score (nSPS) is 22.1. The van der Waals surface area contributed by atoms with E-state index < -0.39 is 5.60 Å².